The van der Waals surface area contributed by atoms with Crippen LogP contribution in [0, 0.1) is 11.8 Å². The van der Waals surface area contributed by atoms with E-state index in [2.05, 4.69) is 84.7 Å². The topological polar surface area (TPSA) is 40.6 Å². The Labute approximate surface area is 430 Å². The molecular formula is C60H90N2O2S4. The van der Waals surface area contributed by atoms with E-state index < -0.39 is 0 Å². The van der Waals surface area contributed by atoms with Gasteiger partial charge in [0.25, 0.3) is 11.8 Å². The summed E-state index contributed by atoms with van der Waals surface area (Å²) in [5, 5.41) is 4.30. The third kappa shape index (κ3) is 16.3. The van der Waals surface area contributed by atoms with Gasteiger partial charge < -0.3 is 9.80 Å². The number of fused-ring (bicyclic) bond motifs is 2. The number of hydrogen-bond donors (Lipinski definition) is 0. The summed E-state index contributed by atoms with van der Waals surface area (Å²) in [6, 6.07) is 13.3. The third-order valence-electron chi connectivity index (χ3n) is 14.9. The molecule has 6 rings (SSSR count). The molecule has 0 bridgehead atoms. The van der Waals surface area contributed by atoms with E-state index >= 15 is 9.59 Å². The van der Waals surface area contributed by atoms with Gasteiger partial charge in [0.15, 0.2) is 0 Å². The average Bonchev–Trinajstić information content (AvgIpc) is 4.22. The van der Waals surface area contributed by atoms with Gasteiger partial charge in [0.2, 0.25) is 0 Å². The maximum Gasteiger partial charge on any atom is 0.261 e. The lowest BCUT2D eigenvalue weighted by Gasteiger charge is -2.29. The molecule has 2 amide bonds. The molecular weight excluding hydrogens is 909 g/mol. The van der Waals surface area contributed by atoms with Crippen molar-refractivity contribution in [2.24, 2.45) is 11.8 Å². The molecule has 68 heavy (non-hydrogen) atoms. The summed E-state index contributed by atoms with van der Waals surface area (Å²) in [5.74, 6) is 0.943. The van der Waals surface area contributed by atoms with Gasteiger partial charge in [-0.15, -0.1) is 45.3 Å². The second-order valence-corrected chi connectivity index (χ2v) is 24.6. The zero-order chi connectivity index (χ0) is 47.8. The summed E-state index contributed by atoms with van der Waals surface area (Å²) in [4.78, 5) is 40.0. The molecule has 0 saturated carbocycles. The summed E-state index contributed by atoms with van der Waals surface area (Å²) < 4.78 is 2.65. The second-order valence-electron chi connectivity index (χ2n) is 20.6. The number of rotatable bonds is 39. The van der Waals surface area contributed by atoms with Crippen LogP contribution in [0.1, 0.15) is 243 Å². The fourth-order valence-electron chi connectivity index (χ4n) is 10.9. The molecule has 2 aliphatic heterocycles. The van der Waals surface area contributed by atoms with E-state index in [1.807, 2.05) is 11.3 Å². The summed E-state index contributed by atoms with van der Waals surface area (Å²) >= 11 is 7.11. The smallest absolute Gasteiger partial charge is 0.261 e. The Morgan fingerprint density at radius 3 is 1.22 bits per heavy atom. The number of amides is 2. The van der Waals surface area contributed by atoms with E-state index in [0.29, 0.717) is 36.1 Å². The number of unbranched alkanes of at least 4 members (excludes halogenated alkanes) is 24. The zero-order valence-electron chi connectivity index (χ0n) is 43.2. The van der Waals surface area contributed by atoms with E-state index in [-0.39, 0.29) is 11.8 Å². The molecule has 2 aliphatic rings. The average molecular weight is 1000 g/mol. The fraction of sp³-hybridized carbons (Fsp3) is 0.667. The Bertz CT molecular complexity index is 2070. The van der Waals surface area contributed by atoms with Crippen LogP contribution in [0.25, 0.3) is 30.5 Å². The van der Waals surface area contributed by atoms with Crippen molar-refractivity contribution in [1.82, 2.24) is 9.80 Å². The predicted molar refractivity (Wildman–Crippen MR) is 302 cm³/mol. The molecule has 0 aromatic carbocycles. The van der Waals surface area contributed by atoms with Gasteiger partial charge in [0.05, 0.1) is 32.3 Å². The van der Waals surface area contributed by atoms with Crippen LogP contribution in [-0.2, 0) is 9.59 Å². The SMILES string of the molecule is CCCCCCCCCCC(CCCCCCCC)CN1C(=O)C2=C(c3ccc(-c4cc5sccc5s4)s3)N(CC(CCCCCCCC)CCCCCCCCCC)C(=O)C2=C1c1cccs1. The summed E-state index contributed by atoms with van der Waals surface area (Å²) in [7, 11) is 0. The second kappa shape index (κ2) is 31.0. The number of thiophene rings is 4. The fourth-order valence-corrected chi connectivity index (χ4v) is 14.9. The van der Waals surface area contributed by atoms with Crippen molar-refractivity contribution in [2.75, 3.05) is 13.1 Å². The van der Waals surface area contributed by atoms with Gasteiger partial charge in [-0.05, 0) is 78.6 Å². The Balaban J connectivity index is 1.30. The molecule has 2 atom stereocenters. The lowest BCUT2D eigenvalue weighted by molar-refractivity contribution is -0.124. The van der Waals surface area contributed by atoms with Crippen molar-refractivity contribution in [1.29, 1.82) is 0 Å². The van der Waals surface area contributed by atoms with E-state index in [1.54, 1.807) is 34.0 Å². The molecule has 0 radical (unpaired) electrons. The highest BCUT2D eigenvalue weighted by Crippen LogP contribution is 2.50. The molecule has 6 heterocycles. The predicted octanol–water partition coefficient (Wildman–Crippen LogP) is 20.4. The number of carbonyl (C=O) groups is 2. The van der Waals surface area contributed by atoms with E-state index in [9.17, 15) is 0 Å². The maximum absolute atomic E-state index is 15.6. The first kappa shape index (κ1) is 54.8. The molecule has 0 aliphatic carbocycles. The molecule has 0 saturated heterocycles. The summed E-state index contributed by atoms with van der Waals surface area (Å²) in [5.41, 5.74) is 3.13. The zero-order valence-corrected chi connectivity index (χ0v) is 46.4. The lowest BCUT2D eigenvalue weighted by Crippen LogP contribution is -2.34. The van der Waals surface area contributed by atoms with Crippen LogP contribution in [-0.4, -0.2) is 34.7 Å². The molecule has 4 nitrogen and oxygen atoms in total. The molecule has 8 heteroatoms. The minimum absolute atomic E-state index is 0.0558. The minimum atomic E-state index is 0.0558. The molecule has 0 spiro atoms. The largest absolute Gasteiger partial charge is 0.306 e. The van der Waals surface area contributed by atoms with Crippen LogP contribution < -0.4 is 0 Å². The van der Waals surface area contributed by atoms with Gasteiger partial charge in [-0.2, -0.15) is 0 Å². The van der Waals surface area contributed by atoms with Crippen molar-refractivity contribution in [3.63, 3.8) is 0 Å². The minimum Gasteiger partial charge on any atom is -0.306 e. The van der Waals surface area contributed by atoms with Gasteiger partial charge in [-0.3, -0.25) is 9.59 Å². The standard InChI is InChI=1S/C60H90N2O2S4/c1-5-9-13-17-21-23-27-31-36-47(34-29-25-19-15-11-7-3)45-61-57(51-38-33-42-65-51)55-56(60(61)64)58(52-40-39-49(67-52)54-44-53-50(68-54)41-43-66-53)62(59(55)63)46-48(35-30-26-20-16-12-8-4)37-32-28-24-22-18-14-10-6-2/h33,38-44,47-48H,5-32,34-37,45-46H2,1-4H3. The first-order valence-electron chi connectivity index (χ1n) is 28.2. The monoisotopic (exact) mass is 999 g/mol. The van der Waals surface area contributed by atoms with Gasteiger partial charge in [-0.1, -0.05) is 214 Å². The van der Waals surface area contributed by atoms with Gasteiger partial charge in [-0.25, -0.2) is 0 Å². The highest BCUT2D eigenvalue weighted by atomic mass is 32.1. The van der Waals surface area contributed by atoms with Crippen LogP contribution >= 0.6 is 45.3 Å². The summed E-state index contributed by atoms with van der Waals surface area (Å²) in [6.45, 7) is 10.6. The quantitative estimate of drug-likeness (QED) is 0.0418. The maximum atomic E-state index is 15.6. The van der Waals surface area contributed by atoms with Crippen molar-refractivity contribution in [2.45, 2.75) is 233 Å². The first-order valence-corrected chi connectivity index (χ1v) is 31.6. The van der Waals surface area contributed by atoms with Crippen LogP contribution in [0.4, 0.5) is 0 Å². The Hall–Kier alpha value is -2.52. The normalized spacial score (nSPS) is 15.1. The van der Waals surface area contributed by atoms with Crippen molar-refractivity contribution in [3.8, 4) is 9.75 Å². The van der Waals surface area contributed by atoms with Crippen molar-refractivity contribution < 1.29 is 9.59 Å². The Morgan fingerprint density at radius 2 is 0.809 bits per heavy atom. The highest BCUT2D eigenvalue weighted by molar-refractivity contribution is 7.30. The molecule has 0 N–H and O–H groups in total. The van der Waals surface area contributed by atoms with Gasteiger partial charge >= 0.3 is 0 Å². The summed E-state index contributed by atoms with van der Waals surface area (Å²) in [6.07, 6.45) is 41.0. The van der Waals surface area contributed by atoms with Crippen LogP contribution in [0.3, 0.4) is 0 Å². The van der Waals surface area contributed by atoms with Gasteiger partial charge in [0, 0.05) is 32.2 Å². The van der Waals surface area contributed by atoms with Gasteiger partial charge in [0.1, 0.15) is 0 Å². The van der Waals surface area contributed by atoms with Crippen LogP contribution in [0.2, 0.25) is 0 Å². The first-order chi connectivity index (χ1) is 33.5. The highest BCUT2D eigenvalue weighted by Gasteiger charge is 2.50. The number of carbonyl (C=O) groups excluding carboxylic acids is 2. The van der Waals surface area contributed by atoms with Crippen LogP contribution in [0.15, 0.2) is 58.3 Å². The van der Waals surface area contributed by atoms with E-state index in [1.165, 1.54) is 199 Å². The molecule has 2 unspecified atom stereocenters. The Morgan fingerprint density at radius 1 is 0.397 bits per heavy atom. The molecule has 376 valence electrons. The number of hydrogen-bond acceptors (Lipinski definition) is 6. The van der Waals surface area contributed by atoms with Crippen molar-refractivity contribution >= 4 is 78.0 Å². The lowest BCUT2D eigenvalue weighted by atomic mass is 9.93. The van der Waals surface area contributed by atoms with Crippen LogP contribution in [0.5, 0.6) is 0 Å². The third-order valence-corrected chi connectivity index (χ3v) is 19.2. The van der Waals surface area contributed by atoms with Crippen molar-refractivity contribution in [3.05, 3.63) is 68.1 Å². The number of nitrogens with zero attached hydrogens (tertiary/aromatic N) is 2. The molecule has 4 aromatic rings. The molecule has 0 fully saturated rings. The Kier molecular flexibility index (Phi) is 25.0. The van der Waals surface area contributed by atoms with E-state index in [0.717, 1.165) is 46.8 Å². The van der Waals surface area contributed by atoms with E-state index in [4.69, 9.17) is 0 Å². The molecule has 4 aromatic heterocycles.